The molecule has 0 spiro atoms. The number of rotatable bonds is 4. The monoisotopic (exact) mass is 431 g/mol. The number of aryl methyl sites for hydroxylation is 1. The van der Waals surface area contributed by atoms with Gasteiger partial charge in [0.15, 0.2) is 0 Å². The highest BCUT2D eigenvalue weighted by Crippen LogP contribution is 2.30. The molecular formula is C23H18ClN5O2. The van der Waals surface area contributed by atoms with E-state index in [4.69, 9.17) is 22.1 Å². The first-order chi connectivity index (χ1) is 15.0. The number of hydrogen-bond donors (Lipinski definition) is 1. The van der Waals surface area contributed by atoms with Gasteiger partial charge in [-0.1, -0.05) is 29.8 Å². The van der Waals surface area contributed by atoms with Gasteiger partial charge in [0.2, 0.25) is 5.88 Å². The predicted octanol–water partition coefficient (Wildman–Crippen LogP) is 4.36. The number of aromatic nitrogens is 4. The summed E-state index contributed by atoms with van der Waals surface area (Å²) in [5.41, 5.74) is 8.69. The highest BCUT2D eigenvalue weighted by atomic mass is 35.5. The molecule has 154 valence electrons. The van der Waals surface area contributed by atoms with E-state index in [-0.39, 0.29) is 5.56 Å². The fraction of sp³-hybridized carbons (Fsp3) is 0.0870. The van der Waals surface area contributed by atoms with E-state index in [1.54, 1.807) is 24.4 Å². The minimum atomic E-state index is -0.169. The summed E-state index contributed by atoms with van der Waals surface area (Å²) in [4.78, 5) is 17.4. The van der Waals surface area contributed by atoms with Crippen molar-refractivity contribution in [1.29, 1.82) is 0 Å². The molecule has 31 heavy (non-hydrogen) atoms. The van der Waals surface area contributed by atoms with Crippen LogP contribution in [0.2, 0.25) is 5.15 Å². The van der Waals surface area contributed by atoms with Crippen LogP contribution in [-0.4, -0.2) is 19.3 Å². The van der Waals surface area contributed by atoms with Crippen LogP contribution in [0.25, 0.3) is 21.8 Å². The Labute approximate surface area is 182 Å². The lowest BCUT2D eigenvalue weighted by Gasteiger charge is -2.06. The molecule has 2 N–H and O–H groups in total. The van der Waals surface area contributed by atoms with Gasteiger partial charge in [-0.3, -0.25) is 4.79 Å². The third kappa shape index (κ3) is 3.49. The molecule has 7 nitrogen and oxygen atoms in total. The van der Waals surface area contributed by atoms with Crippen molar-refractivity contribution < 1.29 is 4.74 Å². The number of benzene rings is 2. The van der Waals surface area contributed by atoms with Gasteiger partial charge in [0.25, 0.3) is 5.56 Å². The van der Waals surface area contributed by atoms with Crippen LogP contribution in [0.15, 0.2) is 71.7 Å². The van der Waals surface area contributed by atoms with Crippen molar-refractivity contribution in [3.05, 3.63) is 87.9 Å². The number of pyridine rings is 1. The van der Waals surface area contributed by atoms with Gasteiger partial charge < -0.3 is 15.0 Å². The summed E-state index contributed by atoms with van der Waals surface area (Å²) in [6.07, 6.45) is 1.73. The molecular weight excluding hydrogens is 414 g/mol. The number of nitrogens with two attached hydrogens (primary N) is 1. The standard InChI is InChI=1S/C23H18ClN5O2/c1-28-19-11-16(31-21-7-3-6-20(24)27-21)8-9-17(19)18-12-26-29(23(30)22(18)28)13-14-4-2-5-15(25)10-14/h2-12H,13,25H2,1H3. The molecule has 0 fully saturated rings. The van der Waals surface area contributed by atoms with Crippen LogP contribution in [0.5, 0.6) is 11.6 Å². The molecule has 5 aromatic rings. The van der Waals surface area contributed by atoms with Crippen molar-refractivity contribution in [2.45, 2.75) is 6.54 Å². The maximum atomic E-state index is 13.2. The summed E-state index contributed by atoms with van der Waals surface area (Å²) in [7, 11) is 1.86. The molecule has 0 aliphatic heterocycles. The number of nitrogen functional groups attached to an aromatic ring is 1. The van der Waals surface area contributed by atoms with E-state index in [9.17, 15) is 4.79 Å². The Morgan fingerprint density at radius 3 is 2.71 bits per heavy atom. The number of nitrogens with zero attached hydrogens (tertiary/aromatic N) is 4. The summed E-state index contributed by atoms with van der Waals surface area (Å²) in [6, 6.07) is 18.3. The lowest BCUT2D eigenvalue weighted by Crippen LogP contribution is -2.24. The van der Waals surface area contributed by atoms with Crippen LogP contribution in [-0.2, 0) is 13.6 Å². The van der Waals surface area contributed by atoms with Crippen LogP contribution in [0.3, 0.4) is 0 Å². The molecule has 2 aromatic carbocycles. The lowest BCUT2D eigenvalue weighted by atomic mass is 10.2. The van der Waals surface area contributed by atoms with E-state index in [1.165, 1.54) is 4.68 Å². The molecule has 0 aliphatic rings. The largest absolute Gasteiger partial charge is 0.439 e. The maximum absolute atomic E-state index is 13.2. The zero-order valence-corrected chi connectivity index (χ0v) is 17.4. The normalized spacial score (nSPS) is 11.3. The first-order valence-electron chi connectivity index (χ1n) is 9.63. The first kappa shape index (κ1) is 19.1. The van der Waals surface area contributed by atoms with E-state index >= 15 is 0 Å². The number of fused-ring (bicyclic) bond motifs is 3. The van der Waals surface area contributed by atoms with Gasteiger partial charge in [-0.2, -0.15) is 5.10 Å². The van der Waals surface area contributed by atoms with Crippen LogP contribution >= 0.6 is 11.6 Å². The van der Waals surface area contributed by atoms with Crippen LogP contribution in [0.4, 0.5) is 5.69 Å². The van der Waals surface area contributed by atoms with Crippen molar-refractivity contribution in [1.82, 2.24) is 19.3 Å². The van der Waals surface area contributed by atoms with Crippen molar-refractivity contribution in [3.63, 3.8) is 0 Å². The van der Waals surface area contributed by atoms with Gasteiger partial charge in [0, 0.05) is 35.6 Å². The quantitative estimate of drug-likeness (QED) is 0.337. The van der Waals surface area contributed by atoms with Gasteiger partial charge in [0.1, 0.15) is 16.4 Å². The van der Waals surface area contributed by atoms with E-state index in [0.717, 1.165) is 21.9 Å². The van der Waals surface area contributed by atoms with E-state index in [1.807, 2.05) is 54.1 Å². The third-order valence-electron chi connectivity index (χ3n) is 5.17. The number of anilines is 1. The molecule has 0 radical (unpaired) electrons. The van der Waals surface area contributed by atoms with Crippen LogP contribution in [0, 0.1) is 0 Å². The van der Waals surface area contributed by atoms with Crippen LogP contribution < -0.4 is 16.0 Å². The summed E-state index contributed by atoms with van der Waals surface area (Å²) in [5.74, 6) is 0.998. The first-order valence-corrected chi connectivity index (χ1v) is 10.0. The van der Waals surface area contributed by atoms with E-state index < -0.39 is 0 Å². The van der Waals surface area contributed by atoms with Gasteiger partial charge in [-0.15, -0.1) is 0 Å². The lowest BCUT2D eigenvalue weighted by molar-refractivity contribution is 0.463. The molecule has 0 unspecified atom stereocenters. The fourth-order valence-corrected chi connectivity index (χ4v) is 3.90. The Morgan fingerprint density at radius 1 is 1.06 bits per heavy atom. The third-order valence-corrected chi connectivity index (χ3v) is 5.38. The van der Waals surface area contributed by atoms with Crippen LogP contribution in [0.1, 0.15) is 5.56 Å². The van der Waals surface area contributed by atoms with Crippen molar-refractivity contribution in [2.24, 2.45) is 7.05 Å². The topological polar surface area (TPSA) is 88.0 Å². The van der Waals surface area contributed by atoms with E-state index in [0.29, 0.717) is 34.5 Å². The second-order valence-corrected chi connectivity index (χ2v) is 7.64. The summed E-state index contributed by atoms with van der Waals surface area (Å²) < 4.78 is 9.15. The smallest absolute Gasteiger partial charge is 0.291 e. The molecule has 0 saturated heterocycles. The Morgan fingerprint density at radius 2 is 1.90 bits per heavy atom. The number of ether oxygens (including phenoxy) is 1. The Balaban J connectivity index is 1.58. The molecule has 0 bridgehead atoms. The number of halogens is 1. The zero-order valence-electron chi connectivity index (χ0n) is 16.6. The summed E-state index contributed by atoms with van der Waals surface area (Å²) >= 11 is 5.94. The van der Waals surface area contributed by atoms with E-state index in [2.05, 4.69) is 10.1 Å². The predicted molar refractivity (Wildman–Crippen MR) is 122 cm³/mol. The molecule has 0 atom stereocenters. The highest BCUT2D eigenvalue weighted by molar-refractivity contribution is 6.29. The van der Waals surface area contributed by atoms with Gasteiger partial charge in [0.05, 0.1) is 18.3 Å². The Hall–Kier alpha value is -3.84. The second-order valence-electron chi connectivity index (χ2n) is 7.25. The minimum Gasteiger partial charge on any atom is -0.439 e. The van der Waals surface area contributed by atoms with Gasteiger partial charge in [-0.05, 0) is 35.9 Å². The molecule has 0 saturated carbocycles. The average Bonchev–Trinajstić information content (AvgIpc) is 3.02. The van der Waals surface area contributed by atoms with Crippen molar-refractivity contribution in [2.75, 3.05) is 5.73 Å². The Bertz CT molecular complexity index is 1510. The second kappa shape index (κ2) is 7.45. The Kier molecular flexibility index (Phi) is 4.60. The molecule has 3 aromatic heterocycles. The summed E-state index contributed by atoms with van der Waals surface area (Å²) in [5, 5.41) is 6.46. The van der Waals surface area contributed by atoms with Crippen molar-refractivity contribution >= 4 is 39.1 Å². The maximum Gasteiger partial charge on any atom is 0.291 e. The summed E-state index contributed by atoms with van der Waals surface area (Å²) in [6.45, 7) is 0.343. The number of hydrogen-bond acceptors (Lipinski definition) is 5. The molecule has 5 rings (SSSR count). The SMILES string of the molecule is Cn1c2cc(Oc3cccc(Cl)n3)ccc2c2cnn(Cc3cccc(N)c3)c(=O)c21. The highest BCUT2D eigenvalue weighted by Gasteiger charge is 2.15. The average molecular weight is 432 g/mol. The molecule has 0 amide bonds. The zero-order chi connectivity index (χ0) is 21.5. The molecule has 3 heterocycles. The molecule has 8 heteroatoms. The van der Waals surface area contributed by atoms with Gasteiger partial charge >= 0.3 is 0 Å². The van der Waals surface area contributed by atoms with Crippen molar-refractivity contribution in [3.8, 4) is 11.6 Å². The fourth-order valence-electron chi connectivity index (χ4n) is 3.74. The van der Waals surface area contributed by atoms with Gasteiger partial charge in [-0.25, -0.2) is 9.67 Å². The minimum absolute atomic E-state index is 0.169. The molecule has 0 aliphatic carbocycles.